The Labute approximate surface area is 253 Å². The van der Waals surface area contributed by atoms with E-state index in [1.165, 1.54) is 32.3 Å². The largest absolute Gasteiger partial charge is 0.509 e. The predicted octanol–water partition coefficient (Wildman–Crippen LogP) is -0.0316. The third-order valence-electron chi connectivity index (χ3n) is 8.09. The molecular formula is C30H40O14. The van der Waals surface area contributed by atoms with Crippen LogP contribution >= 0.6 is 0 Å². The van der Waals surface area contributed by atoms with Gasteiger partial charge in [-0.25, -0.2) is 0 Å². The molecule has 3 aliphatic rings. The lowest BCUT2D eigenvalue weighted by Gasteiger charge is -2.45. The third-order valence-corrected chi connectivity index (χ3v) is 8.09. The number of ketones is 1. The van der Waals surface area contributed by atoms with Gasteiger partial charge in [-0.1, -0.05) is 19.6 Å². The van der Waals surface area contributed by atoms with Crippen molar-refractivity contribution in [3.05, 3.63) is 53.5 Å². The van der Waals surface area contributed by atoms with Crippen molar-refractivity contribution in [2.24, 2.45) is 5.92 Å². The summed E-state index contributed by atoms with van der Waals surface area (Å²) in [5, 5.41) is 82.4. The molecule has 2 aliphatic heterocycles. The molecule has 0 radical (unpaired) electrons. The van der Waals surface area contributed by atoms with E-state index in [1.54, 1.807) is 6.92 Å². The Morgan fingerprint density at radius 3 is 2.41 bits per heavy atom. The zero-order valence-corrected chi connectivity index (χ0v) is 24.5. The van der Waals surface area contributed by atoms with Crippen LogP contribution in [-0.4, -0.2) is 122 Å². The number of aliphatic hydroxyl groups is 7. The van der Waals surface area contributed by atoms with Crippen LogP contribution in [0.4, 0.5) is 0 Å². The number of ether oxygens (including phenoxy) is 5. The molecule has 1 aromatic carbocycles. The average molecular weight is 625 g/mol. The van der Waals surface area contributed by atoms with E-state index in [4.69, 9.17) is 23.7 Å². The van der Waals surface area contributed by atoms with E-state index in [2.05, 4.69) is 6.58 Å². The number of rotatable bonds is 9. The quantitative estimate of drug-likeness (QED) is 0.133. The van der Waals surface area contributed by atoms with Gasteiger partial charge in [0.25, 0.3) is 0 Å². The molecule has 1 saturated heterocycles. The molecule has 1 aromatic rings. The molecule has 2 heterocycles. The molecular weight excluding hydrogens is 584 g/mol. The molecule has 0 spiro atoms. The molecule has 0 aromatic heterocycles. The van der Waals surface area contributed by atoms with Gasteiger partial charge in [0.2, 0.25) is 6.29 Å². The van der Waals surface area contributed by atoms with Crippen LogP contribution in [0.1, 0.15) is 37.0 Å². The van der Waals surface area contributed by atoms with Gasteiger partial charge in [-0.2, -0.15) is 0 Å². The molecule has 1 saturated carbocycles. The number of benzene rings is 1. The molecule has 14 heteroatoms. The molecule has 0 bridgehead atoms. The van der Waals surface area contributed by atoms with Crippen LogP contribution in [0.25, 0.3) is 0 Å². The molecule has 2 fully saturated rings. The number of carbonyl (C=O) groups is 1. The first-order valence-electron chi connectivity index (χ1n) is 14.1. The van der Waals surface area contributed by atoms with E-state index in [1.807, 2.05) is 0 Å². The van der Waals surface area contributed by atoms with Crippen LogP contribution in [-0.2, 0) is 14.2 Å². The second-order valence-corrected chi connectivity index (χ2v) is 11.3. The lowest BCUT2D eigenvalue weighted by molar-refractivity contribution is -0.307. The number of carbonyl (C=O) groups excluding carboxylic acids is 1. The Hall–Kier alpha value is -3.21. The van der Waals surface area contributed by atoms with E-state index in [-0.39, 0.29) is 41.4 Å². The predicted molar refractivity (Wildman–Crippen MR) is 151 cm³/mol. The van der Waals surface area contributed by atoms with Crippen molar-refractivity contribution in [3.8, 4) is 17.2 Å². The molecule has 4 rings (SSSR count). The smallest absolute Gasteiger partial charge is 0.229 e. The molecule has 1 aliphatic carbocycles. The molecule has 44 heavy (non-hydrogen) atoms. The fourth-order valence-electron chi connectivity index (χ4n) is 5.49. The van der Waals surface area contributed by atoms with Crippen molar-refractivity contribution in [3.63, 3.8) is 0 Å². The lowest BCUT2D eigenvalue weighted by Crippen LogP contribution is -2.63. The van der Waals surface area contributed by atoms with Gasteiger partial charge in [-0.15, -0.1) is 0 Å². The number of aromatic hydroxyl groups is 1. The van der Waals surface area contributed by atoms with Gasteiger partial charge in [0, 0.05) is 12.1 Å². The van der Waals surface area contributed by atoms with Crippen LogP contribution in [0.3, 0.4) is 0 Å². The number of hydrogen-bond acceptors (Lipinski definition) is 14. The van der Waals surface area contributed by atoms with Crippen molar-refractivity contribution in [2.45, 2.75) is 87.9 Å². The fourth-order valence-corrected chi connectivity index (χ4v) is 5.49. The van der Waals surface area contributed by atoms with Crippen LogP contribution < -0.4 is 9.47 Å². The van der Waals surface area contributed by atoms with Crippen molar-refractivity contribution >= 4 is 5.78 Å². The van der Waals surface area contributed by atoms with Gasteiger partial charge >= 0.3 is 0 Å². The first kappa shape index (κ1) is 33.7. The van der Waals surface area contributed by atoms with Crippen molar-refractivity contribution in [2.75, 3.05) is 13.7 Å². The molecule has 10 unspecified atom stereocenters. The normalized spacial score (nSPS) is 36.3. The van der Waals surface area contributed by atoms with Gasteiger partial charge in [0.05, 0.1) is 32.3 Å². The maximum Gasteiger partial charge on any atom is 0.229 e. The van der Waals surface area contributed by atoms with Gasteiger partial charge in [-0.05, 0) is 30.9 Å². The number of fused-ring (bicyclic) bond motifs is 1. The number of phenolic OH excluding ortho intramolecular Hbond substituents is 1. The molecule has 11 atom stereocenters. The lowest BCUT2D eigenvalue weighted by atomic mass is 9.81. The summed E-state index contributed by atoms with van der Waals surface area (Å²) < 4.78 is 28.5. The zero-order chi connectivity index (χ0) is 32.5. The number of Topliss-reactive ketones (excluding diaryl/α,β-unsaturated/α-hetero) is 1. The Kier molecular flexibility index (Phi) is 10.6. The van der Waals surface area contributed by atoms with Gasteiger partial charge < -0.3 is 64.5 Å². The second kappa shape index (κ2) is 13.8. The highest BCUT2D eigenvalue weighted by atomic mass is 16.7. The maximum absolute atomic E-state index is 13.0. The maximum atomic E-state index is 13.0. The third kappa shape index (κ3) is 6.87. The van der Waals surface area contributed by atoms with E-state index < -0.39 is 85.3 Å². The minimum atomic E-state index is -1.69. The monoisotopic (exact) mass is 624 g/mol. The van der Waals surface area contributed by atoms with Gasteiger partial charge in [0.1, 0.15) is 71.3 Å². The number of allylic oxidation sites excluding steroid dienone is 2. The van der Waals surface area contributed by atoms with Crippen LogP contribution in [0.15, 0.2) is 48.0 Å². The average Bonchev–Trinajstić information content (AvgIpc) is 2.97. The van der Waals surface area contributed by atoms with E-state index >= 15 is 0 Å². The second-order valence-electron chi connectivity index (χ2n) is 11.3. The first-order valence-corrected chi connectivity index (χ1v) is 14.1. The van der Waals surface area contributed by atoms with Crippen LogP contribution in [0, 0.1) is 5.92 Å². The standard InChI is InChI=1S/C30H40O14/c1-12(5-6-18(40-4)14(3)32)19-10-17(34)23-16(33)8-15(9-20(23)42-19)41-30-29(28(39)26(37)22(11-31)44-30)43-21-7-13(2)24(35)27(38)25(21)36/h5-6,8-9,13,19,21-22,24-33,35-39H,1,7,10-11H2,2-4H3/b6-5-,18-14-/t13?,19-,21?,22?,24?,25?,26?,27?,28?,29?,30?/m0/s1. The highest BCUT2D eigenvalue weighted by Gasteiger charge is 2.50. The summed E-state index contributed by atoms with van der Waals surface area (Å²) in [6.07, 6.45) is -10.9. The minimum Gasteiger partial charge on any atom is -0.509 e. The van der Waals surface area contributed by atoms with Crippen molar-refractivity contribution in [1.82, 2.24) is 0 Å². The summed E-state index contributed by atoms with van der Waals surface area (Å²) in [4.78, 5) is 13.0. The van der Waals surface area contributed by atoms with Gasteiger partial charge in [-0.3, -0.25) is 4.79 Å². The van der Waals surface area contributed by atoms with E-state index in [0.717, 1.165) is 6.07 Å². The molecule has 8 N–H and O–H groups in total. The Morgan fingerprint density at radius 2 is 1.77 bits per heavy atom. The SMILES string of the molecule is C=C(/C=C\C(OC)=C(/C)O)[C@@H]1CC(=O)c2c(O)cc(OC3OC(CO)C(O)C(O)C3OC3CC(C)C(O)C(O)C3O)cc2O1. The first-order chi connectivity index (χ1) is 20.8. The summed E-state index contributed by atoms with van der Waals surface area (Å²) in [5.41, 5.74) is 0.270. The molecule has 14 nitrogen and oxygen atoms in total. The van der Waals surface area contributed by atoms with E-state index in [9.17, 15) is 45.6 Å². The number of hydrogen-bond donors (Lipinski definition) is 8. The Morgan fingerprint density at radius 1 is 1.07 bits per heavy atom. The summed E-state index contributed by atoms with van der Waals surface area (Å²) >= 11 is 0. The molecule has 244 valence electrons. The van der Waals surface area contributed by atoms with E-state index in [0.29, 0.717) is 5.57 Å². The number of aliphatic hydroxyl groups excluding tert-OH is 7. The Balaban J connectivity index is 1.59. The fraction of sp³-hybridized carbons (Fsp3) is 0.567. The van der Waals surface area contributed by atoms with Crippen molar-refractivity contribution < 1.29 is 69.3 Å². The minimum absolute atomic E-state index is 0.0437. The van der Waals surface area contributed by atoms with Crippen LogP contribution in [0.5, 0.6) is 17.2 Å². The zero-order valence-electron chi connectivity index (χ0n) is 24.5. The highest BCUT2D eigenvalue weighted by Crippen LogP contribution is 2.41. The van der Waals surface area contributed by atoms with Gasteiger partial charge in [0.15, 0.2) is 11.5 Å². The number of methoxy groups -OCH3 is 1. The van der Waals surface area contributed by atoms with Crippen molar-refractivity contribution in [1.29, 1.82) is 0 Å². The topological polar surface area (TPSA) is 225 Å². The summed E-state index contributed by atoms with van der Waals surface area (Å²) in [7, 11) is 1.38. The highest BCUT2D eigenvalue weighted by molar-refractivity contribution is 6.03. The molecule has 0 amide bonds. The summed E-state index contributed by atoms with van der Waals surface area (Å²) in [6, 6.07) is 2.43. The van der Waals surface area contributed by atoms with Crippen LogP contribution in [0.2, 0.25) is 0 Å². The summed E-state index contributed by atoms with van der Waals surface area (Å²) in [5.74, 6) is -1.41. The number of phenols is 1. The summed E-state index contributed by atoms with van der Waals surface area (Å²) in [6.45, 7) is 6.31. The Bertz CT molecular complexity index is 1270.